The van der Waals surface area contributed by atoms with Crippen molar-refractivity contribution in [3.63, 3.8) is 0 Å². The number of piperidine rings is 1. The molecule has 19 heavy (non-hydrogen) atoms. The molecule has 0 unspecified atom stereocenters. The minimum Gasteiger partial charge on any atom is -0.361 e. The van der Waals surface area contributed by atoms with E-state index in [4.69, 9.17) is 0 Å². The van der Waals surface area contributed by atoms with E-state index in [1.807, 2.05) is 24.4 Å². The fourth-order valence-electron chi connectivity index (χ4n) is 2.64. The van der Waals surface area contributed by atoms with Crippen LogP contribution in [0.25, 0.3) is 10.9 Å². The summed E-state index contributed by atoms with van der Waals surface area (Å²) in [6.45, 7) is 2.00. The van der Waals surface area contributed by atoms with Gasteiger partial charge in [-0.2, -0.15) is 0 Å². The minimum absolute atomic E-state index is 0.127. The van der Waals surface area contributed by atoms with Crippen LogP contribution in [0.4, 0.5) is 0 Å². The van der Waals surface area contributed by atoms with Gasteiger partial charge in [0.2, 0.25) is 5.91 Å². The first-order valence-corrected chi connectivity index (χ1v) is 6.87. The summed E-state index contributed by atoms with van der Waals surface area (Å²) in [6, 6.07) is 8.49. The normalized spacial score (nSPS) is 16.6. The second kappa shape index (κ2) is 5.45. The van der Waals surface area contributed by atoms with Crippen LogP contribution in [0.5, 0.6) is 0 Å². The van der Waals surface area contributed by atoms with Crippen LogP contribution in [-0.2, 0) is 11.2 Å². The Morgan fingerprint density at radius 3 is 2.95 bits per heavy atom. The Kier molecular flexibility index (Phi) is 3.51. The predicted molar refractivity (Wildman–Crippen MR) is 76.0 cm³/mol. The molecule has 0 radical (unpaired) electrons. The van der Waals surface area contributed by atoms with Crippen LogP contribution in [0.2, 0.25) is 0 Å². The van der Waals surface area contributed by atoms with Crippen LogP contribution >= 0.6 is 0 Å². The lowest BCUT2D eigenvalue weighted by molar-refractivity contribution is -0.121. The van der Waals surface area contributed by atoms with Crippen molar-refractivity contribution in [3.05, 3.63) is 36.0 Å². The molecule has 1 aromatic carbocycles. The van der Waals surface area contributed by atoms with Crippen LogP contribution in [0.1, 0.15) is 18.4 Å². The van der Waals surface area contributed by atoms with Crippen molar-refractivity contribution in [2.45, 2.75) is 25.3 Å². The third kappa shape index (κ3) is 2.96. The number of rotatable bonds is 3. The molecule has 1 saturated heterocycles. The fraction of sp³-hybridized carbons (Fsp3) is 0.400. The molecule has 0 atom stereocenters. The minimum atomic E-state index is 0.127. The van der Waals surface area contributed by atoms with Gasteiger partial charge in [0.1, 0.15) is 0 Å². The van der Waals surface area contributed by atoms with Crippen molar-refractivity contribution in [3.8, 4) is 0 Å². The number of H-pyrrole nitrogens is 1. The third-order valence-electron chi connectivity index (χ3n) is 3.69. The first-order chi connectivity index (χ1) is 9.31. The van der Waals surface area contributed by atoms with Crippen LogP contribution in [0.15, 0.2) is 30.5 Å². The monoisotopic (exact) mass is 257 g/mol. The maximum atomic E-state index is 12.0. The fourth-order valence-corrected chi connectivity index (χ4v) is 2.64. The average Bonchev–Trinajstić information content (AvgIpc) is 2.87. The highest BCUT2D eigenvalue weighted by molar-refractivity contribution is 5.83. The molecule has 2 heterocycles. The van der Waals surface area contributed by atoms with Gasteiger partial charge in [0.25, 0.3) is 0 Å². The first-order valence-electron chi connectivity index (χ1n) is 6.87. The van der Waals surface area contributed by atoms with Gasteiger partial charge in [-0.05, 0) is 55.1 Å². The molecule has 3 rings (SSSR count). The molecule has 3 N–H and O–H groups in total. The first kappa shape index (κ1) is 12.2. The third-order valence-corrected chi connectivity index (χ3v) is 3.69. The maximum absolute atomic E-state index is 12.0. The Morgan fingerprint density at radius 2 is 2.11 bits per heavy atom. The molecule has 4 nitrogen and oxygen atoms in total. The number of benzene rings is 1. The molecule has 0 bridgehead atoms. The van der Waals surface area contributed by atoms with Gasteiger partial charge in [-0.15, -0.1) is 0 Å². The highest BCUT2D eigenvalue weighted by Crippen LogP contribution is 2.14. The van der Waals surface area contributed by atoms with E-state index < -0.39 is 0 Å². The van der Waals surface area contributed by atoms with Gasteiger partial charge in [0.15, 0.2) is 0 Å². The number of hydrogen-bond donors (Lipinski definition) is 3. The lowest BCUT2D eigenvalue weighted by atomic mass is 10.1. The molecule has 0 aliphatic carbocycles. The Labute approximate surface area is 112 Å². The van der Waals surface area contributed by atoms with Crippen molar-refractivity contribution in [2.24, 2.45) is 0 Å². The number of nitrogens with one attached hydrogen (secondary N) is 3. The average molecular weight is 257 g/mol. The zero-order chi connectivity index (χ0) is 13.1. The van der Waals surface area contributed by atoms with E-state index in [0.29, 0.717) is 12.5 Å². The molecule has 1 aliphatic heterocycles. The molecule has 2 aromatic rings. The van der Waals surface area contributed by atoms with E-state index in [1.54, 1.807) is 0 Å². The molecule has 0 spiro atoms. The summed E-state index contributed by atoms with van der Waals surface area (Å²) in [5.41, 5.74) is 2.18. The number of aromatic amines is 1. The Morgan fingerprint density at radius 1 is 1.26 bits per heavy atom. The largest absolute Gasteiger partial charge is 0.361 e. The van der Waals surface area contributed by atoms with Gasteiger partial charge in [-0.25, -0.2) is 0 Å². The quantitative estimate of drug-likeness (QED) is 0.782. The topological polar surface area (TPSA) is 56.9 Å². The van der Waals surface area contributed by atoms with E-state index in [0.717, 1.165) is 42.4 Å². The van der Waals surface area contributed by atoms with E-state index in [1.165, 1.54) is 0 Å². The molecule has 1 aromatic heterocycles. The standard InChI is InChI=1S/C15H19N3O/c19-15(18-13-4-6-16-7-5-13)10-11-1-2-14-12(9-11)3-8-17-14/h1-3,8-9,13,16-17H,4-7,10H2,(H,18,19). The van der Waals surface area contributed by atoms with Gasteiger partial charge in [-0.1, -0.05) is 6.07 Å². The Hall–Kier alpha value is -1.81. The lowest BCUT2D eigenvalue weighted by Gasteiger charge is -2.23. The zero-order valence-electron chi connectivity index (χ0n) is 10.9. The Balaban J connectivity index is 1.61. The van der Waals surface area contributed by atoms with Gasteiger partial charge >= 0.3 is 0 Å². The van der Waals surface area contributed by atoms with Gasteiger partial charge in [0, 0.05) is 17.8 Å². The SMILES string of the molecule is O=C(Cc1ccc2[nH]ccc2c1)NC1CCNCC1. The van der Waals surface area contributed by atoms with Crippen LogP contribution < -0.4 is 10.6 Å². The summed E-state index contributed by atoms with van der Waals surface area (Å²) in [5, 5.41) is 7.58. The van der Waals surface area contributed by atoms with Crippen LogP contribution in [0, 0.1) is 0 Å². The molecule has 0 saturated carbocycles. The number of amides is 1. The summed E-state index contributed by atoms with van der Waals surface area (Å²) in [5.74, 6) is 0.127. The molecular weight excluding hydrogens is 238 g/mol. The van der Waals surface area contributed by atoms with Crippen molar-refractivity contribution < 1.29 is 4.79 Å². The van der Waals surface area contributed by atoms with Crippen molar-refractivity contribution in [1.29, 1.82) is 0 Å². The van der Waals surface area contributed by atoms with Crippen molar-refractivity contribution in [1.82, 2.24) is 15.6 Å². The lowest BCUT2D eigenvalue weighted by Crippen LogP contribution is -2.43. The number of carbonyl (C=O) groups excluding carboxylic acids is 1. The number of aromatic nitrogens is 1. The summed E-state index contributed by atoms with van der Waals surface area (Å²) >= 11 is 0. The van der Waals surface area contributed by atoms with E-state index >= 15 is 0 Å². The summed E-state index contributed by atoms with van der Waals surface area (Å²) < 4.78 is 0. The summed E-state index contributed by atoms with van der Waals surface area (Å²) in [4.78, 5) is 15.2. The van der Waals surface area contributed by atoms with Crippen molar-refractivity contribution in [2.75, 3.05) is 13.1 Å². The maximum Gasteiger partial charge on any atom is 0.224 e. The number of hydrogen-bond acceptors (Lipinski definition) is 2. The molecule has 1 aliphatic rings. The van der Waals surface area contributed by atoms with Gasteiger partial charge in [-0.3, -0.25) is 4.79 Å². The molecule has 4 heteroatoms. The summed E-state index contributed by atoms with van der Waals surface area (Å²) in [6.07, 6.45) is 4.44. The van der Waals surface area contributed by atoms with E-state index in [-0.39, 0.29) is 5.91 Å². The molecule has 100 valence electrons. The highest BCUT2D eigenvalue weighted by atomic mass is 16.1. The van der Waals surface area contributed by atoms with Crippen molar-refractivity contribution >= 4 is 16.8 Å². The van der Waals surface area contributed by atoms with Crippen LogP contribution in [0.3, 0.4) is 0 Å². The smallest absolute Gasteiger partial charge is 0.224 e. The summed E-state index contributed by atoms with van der Waals surface area (Å²) in [7, 11) is 0. The van der Waals surface area contributed by atoms with Gasteiger partial charge < -0.3 is 15.6 Å². The number of carbonyl (C=O) groups is 1. The second-order valence-corrected chi connectivity index (χ2v) is 5.17. The second-order valence-electron chi connectivity index (χ2n) is 5.17. The zero-order valence-corrected chi connectivity index (χ0v) is 10.9. The number of fused-ring (bicyclic) bond motifs is 1. The molecule has 1 fully saturated rings. The van der Waals surface area contributed by atoms with Gasteiger partial charge in [0.05, 0.1) is 6.42 Å². The molecule has 1 amide bonds. The van der Waals surface area contributed by atoms with E-state index in [9.17, 15) is 4.79 Å². The molecular formula is C15H19N3O. The predicted octanol–water partition coefficient (Wildman–Crippen LogP) is 1.58. The van der Waals surface area contributed by atoms with Crippen LogP contribution in [-0.4, -0.2) is 30.0 Å². The Bertz CT molecular complexity index is 570. The van der Waals surface area contributed by atoms with E-state index in [2.05, 4.69) is 21.7 Å². The highest BCUT2D eigenvalue weighted by Gasteiger charge is 2.15.